The quantitative estimate of drug-likeness (QED) is 0.188. The van der Waals surface area contributed by atoms with Gasteiger partial charge >= 0.3 is 24.2 Å². The Labute approximate surface area is 255 Å². The van der Waals surface area contributed by atoms with E-state index in [4.69, 9.17) is 14.2 Å². The molecule has 0 aliphatic rings. The van der Waals surface area contributed by atoms with Crippen LogP contribution in [0.25, 0.3) is 0 Å². The number of carbonyl (C=O) groups excluding carboxylic acids is 3. The number of aliphatic hydroxyl groups is 1. The monoisotopic (exact) mass is 654 g/mol. The van der Waals surface area contributed by atoms with Gasteiger partial charge in [-0.25, -0.2) is 18.0 Å². The number of esters is 2. The number of nitrogens with zero attached hydrogens (tertiary/aromatic N) is 1. The molecule has 12 nitrogen and oxygen atoms in total. The lowest BCUT2D eigenvalue weighted by Gasteiger charge is -2.33. The van der Waals surface area contributed by atoms with Gasteiger partial charge in [-0.15, -0.1) is 0 Å². The van der Waals surface area contributed by atoms with Crippen molar-refractivity contribution >= 4 is 34.3 Å². The number of aromatic hydroxyl groups is 1. The number of sulfonamides is 1. The molecule has 1 aromatic rings. The Morgan fingerprint density at radius 1 is 0.864 bits per heavy atom. The normalized spacial score (nSPS) is 16.0. The summed E-state index contributed by atoms with van der Waals surface area (Å²) in [6.45, 7) is 13.3. The van der Waals surface area contributed by atoms with Crippen LogP contribution >= 0.6 is 0 Å². The van der Waals surface area contributed by atoms with E-state index in [1.165, 1.54) is 41.5 Å². The van der Waals surface area contributed by atoms with E-state index in [-0.39, 0.29) is 0 Å². The van der Waals surface area contributed by atoms with Crippen molar-refractivity contribution in [2.75, 3.05) is 0 Å². The number of benzene rings is 1. The Hall–Kier alpha value is -3.40. The van der Waals surface area contributed by atoms with Crippen LogP contribution in [0.15, 0.2) is 28.7 Å². The molecule has 250 valence electrons. The zero-order valence-electron chi connectivity index (χ0n) is 26.1. The number of rotatable bonds is 10. The van der Waals surface area contributed by atoms with Crippen molar-refractivity contribution < 1.29 is 60.4 Å². The van der Waals surface area contributed by atoms with Crippen molar-refractivity contribution in [2.45, 2.75) is 115 Å². The summed E-state index contributed by atoms with van der Waals surface area (Å²) in [5.41, 5.74) is -8.09. The molecule has 0 aliphatic carbocycles. The van der Waals surface area contributed by atoms with Crippen molar-refractivity contribution in [1.29, 1.82) is 0 Å². The maximum Gasteiger partial charge on any atom is 0.421 e. The molecule has 0 unspecified atom stereocenters. The average molecular weight is 655 g/mol. The molecule has 3 N–H and O–H groups in total. The fraction of sp³-hybridized carbons (Fsp3) is 0.643. The standard InChI is InChI=1S/C28H41F3N2O10S/c1-24(2,3)41-21(35)19(33-23(37)43-26(7,8)9)14-15-32-44(39,40)20(22(36)42-25(4,5)6)16-27(38,28(29,30)31)17-10-12-18(34)13-11-17/h10-13,15,19-20,34,38H,14,16H2,1-9H3,(H,33,37)/b32-15+/t19-,20-,27-/m0/s1. The Balaban J connectivity index is 3.54. The minimum Gasteiger partial charge on any atom is -0.508 e. The molecule has 0 saturated carbocycles. The lowest BCUT2D eigenvalue weighted by Crippen LogP contribution is -2.49. The van der Waals surface area contributed by atoms with Gasteiger partial charge in [-0.05, 0) is 80.0 Å². The first-order valence-corrected chi connectivity index (χ1v) is 14.9. The van der Waals surface area contributed by atoms with Crippen LogP contribution in [0, 0.1) is 0 Å². The van der Waals surface area contributed by atoms with Crippen molar-refractivity contribution in [3.05, 3.63) is 29.8 Å². The van der Waals surface area contributed by atoms with Crippen molar-refractivity contribution in [3.63, 3.8) is 0 Å². The predicted octanol–water partition coefficient (Wildman–Crippen LogP) is 4.27. The highest BCUT2D eigenvalue weighted by Gasteiger charge is 2.58. The van der Waals surface area contributed by atoms with E-state index in [0.717, 1.165) is 24.3 Å². The number of phenols is 1. The summed E-state index contributed by atoms with van der Waals surface area (Å²) in [4.78, 5) is 38.1. The fourth-order valence-corrected chi connectivity index (χ4v) is 4.63. The maximum atomic E-state index is 14.3. The summed E-state index contributed by atoms with van der Waals surface area (Å²) in [6, 6.07) is 1.58. The second-order valence-electron chi connectivity index (χ2n) is 12.9. The molecule has 0 aliphatic heterocycles. The van der Waals surface area contributed by atoms with Crippen LogP contribution in [0.3, 0.4) is 0 Å². The van der Waals surface area contributed by atoms with E-state index >= 15 is 0 Å². The van der Waals surface area contributed by atoms with Crippen molar-refractivity contribution in [1.82, 2.24) is 5.32 Å². The average Bonchev–Trinajstić information content (AvgIpc) is 2.77. The van der Waals surface area contributed by atoms with Crippen molar-refractivity contribution in [3.8, 4) is 5.75 Å². The molecule has 0 heterocycles. The van der Waals surface area contributed by atoms with Crippen LogP contribution in [-0.2, 0) is 39.4 Å². The number of ether oxygens (including phenoxy) is 3. The van der Waals surface area contributed by atoms with Gasteiger partial charge in [0, 0.05) is 19.1 Å². The molecular formula is C28H41F3N2O10S. The molecular weight excluding hydrogens is 613 g/mol. The van der Waals surface area contributed by atoms with E-state index in [1.807, 2.05) is 0 Å². The van der Waals surface area contributed by atoms with Crippen LogP contribution in [0.1, 0.15) is 80.7 Å². The fourth-order valence-electron chi connectivity index (χ4n) is 3.44. The Morgan fingerprint density at radius 2 is 1.32 bits per heavy atom. The molecule has 0 saturated heterocycles. The Morgan fingerprint density at radius 3 is 1.75 bits per heavy atom. The Kier molecular flexibility index (Phi) is 12.0. The number of hydrogen-bond acceptors (Lipinski definition) is 10. The molecule has 0 spiro atoms. The van der Waals surface area contributed by atoms with E-state index in [1.54, 1.807) is 20.8 Å². The highest BCUT2D eigenvalue weighted by atomic mass is 32.2. The molecule has 0 aromatic heterocycles. The van der Waals surface area contributed by atoms with Crippen LogP contribution in [-0.4, -0.2) is 77.1 Å². The van der Waals surface area contributed by atoms with Gasteiger partial charge in [-0.2, -0.15) is 17.6 Å². The smallest absolute Gasteiger partial charge is 0.421 e. The number of amides is 1. The van der Waals surface area contributed by atoms with Gasteiger partial charge in [0.15, 0.2) is 10.9 Å². The topological polar surface area (TPSA) is 178 Å². The molecule has 1 aromatic carbocycles. The van der Waals surface area contributed by atoms with Crippen LogP contribution in [0.5, 0.6) is 5.75 Å². The molecule has 44 heavy (non-hydrogen) atoms. The number of phenolic OH excluding ortho intramolecular Hbond substituents is 1. The number of nitrogens with one attached hydrogen (secondary N) is 1. The lowest BCUT2D eigenvalue weighted by atomic mass is 9.88. The first kappa shape index (κ1) is 38.6. The van der Waals surface area contributed by atoms with E-state index in [2.05, 4.69) is 9.71 Å². The molecule has 0 bridgehead atoms. The van der Waals surface area contributed by atoms with Gasteiger partial charge in [0.2, 0.25) is 0 Å². The summed E-state index contributed by atoms with van der Waals surface area (Å²) < 4.78 is 88.1. The second kappa shape index (κ2) is 13.7. The predicted molar refractivity (Wildman–Crippen MR) is 153 cm³/mol. The van der Waals surface area contributed by atoms with E-state index in [9.17, 15) is 46.2 Å². The summed E-state index contributed by atoms with van der Waals surface area (Å²) in [5, 5.41) is 19.9. The number of alkyl carbamates (subject to hydrolysis) is 1. The van der Waals surface area contributed by atoms with Gasteiger partial charge in [-0.1, -0.05) is 12.1 Å². The molecule has 1 amide bonds. The van der Waals surface area contributed by atoms with Crippen LogP contribution in [0.2, 0.25) is 0 Å². The second-order valence-corrected chi connectivity index (χ2v) is 14.7. The third-order valence-electron chi connectivity index (χ3n) is 5.27. The highest BCUT2D eigenvalue weighted by molar-refractivity contribution is 7.91. The molecule has 16 heteroatoms. The first-order chi connectivity index (χ1) is 19.6. The van der Waals surface area contributed by atoms with Gasteiger partial charge in [0.25, 0.3) is 10.0 Å². The minimum absolute atomic E-state index is 0.432. The van der Waals surface area contributed by atoms with Crippen LogP contribution < -0.4 is 5.32 Å². The summed E-state index contributed by atoms with van der Waals surface area (Å²) >= 11 is 0. The largest absolute Gasteiger partial charge is 0.508 e. The van der Waals surface area contributed by atoms with Gasteiger partial charge in [-0.3, -0.25) is 4.79 Å². The van der Waals surface area contributed by atoms with Crippen LogP contribution in [0.4, 0.5) is 18.0 Å². The van der Waals surface area contributed by atoms with Gasteiger partial charge in [0.05, 0.1) is 0 Å². The van der Waals surface area contributed by atoms with Gasteiger partial charge < -0.3 is 29.7 Å². The SMILES string of the molecule is CC(C)(C)OC(=O)N[C@@H](C/C=N/S(=O)(=O)[C@@H](C[C@](O)(c1ccc(O)cc1)C(F)(F)F)C(=O)OC(C)(C)C)C(=O)OC(C)(C)C. The van der Waals surface area contributed by atoms with Gasteiger partial charge in [0.1, 0.15) is 28.6 Å². The minimum atomic E-state index is -5.50. The number of hydrogen-bond donors (Lipinski definition) is 3. The number of halogens is 3. The lowest BCUT2D eigenvalue weighted by molar-refractivity contribution is -0.269. The zero-order valence-corrected chi connectivity index (χ0v) is 26.9. The van der Waals surface area contributed by atoms with E-state index in [0.29, 0.717) is 6.21 Å². The summed E-state index contributed by atoms with van der Waals surface area (Å²) in [6.07, 6.45) is -8.35. The number of carbonyl (C=O) groups is 3. The molecule has 1 rings (SSSR count). The molecule has 0 fully saturated rings. The summed E-state index contributed by atoms with van der Waals surface area (Å²) in [7, 11) is -5.23. The first-order valence-electron chi connectivity index (χ1n) is 13.4. The Bertz CT molecular complexity index is 1310. The van der Waals surface area contributed by atoms with E-state index < -0.39 is 92.1 Å². The third-order valence-corrected chi connectivity index (χ3v) is 6.79. The molecule has 0 radical (unpaired) electrons. The number of alkyl halides is 3. The summed E-state index contributed by atoms with van der Waals surface area (Å²) in [5.74, 6) is -3.07. The third kappa shape index (κ3) is 12.3. The highest BCUT2D eigenvalue weighted by Crippen LogP contribution is 2.44. The molecule has 3 atom stereocenters. The van der Waals surface area contributed by atoms with Crippen molar-refractivity contribution in [2.24, 2.45) is 4.40 Å². The zero-order chi connectivity index (χ0) is 34.5. The maximum absolute atomic E-state index is 14.3.